The zero-order valence-corrected chi connectivity index (χ0v) is 16.1. The molecule has 1 heterocycles. The smallest absolute Gasteiger partial charge is 0.254 e. The van der Waals surface area contributed by atoms with Gasteiger partial charge in [0.25, 0.3) is 5.91 Å². The Morgan fingerprint density at radius 3 is 2.10 bits per heavy atom. The number of anilines is 1. The highest BCUT2D eigenvalue weighted by atomic mass is 19.2. The van der Waals surface area contributed by atoms with Crippen molar-refractivity contribution in [2.75, 3.05) is 39.7 Å². The summed E-state index contributed by atoms with van der Waals surface area (Å²) in [5.41, 5.74) is 0.488. The van der Waals surface area contributed by atoms with Crippen molar-refractivity contribution in [3.05, 3.63) is 47.5 Å². The second-order valence-electron chi connectivity index (χ2n) is 6.44. The maximum atomic E-state index is 13.3. The van der Waals surface area contributed by atoms with Crippen LogP contribution in [0, 0.1) is 17.6 Å². The number of hydrogen-bond acceptors (Lipinski definition) is 5. The molecule has 1 saturated heterocycles. The van der Waals surface area contributed by atoms with Gasteiger partial charge in [0.1, 0.15) is 0 Å². The van der Waals surface area contributed by atoms with Gasteiger partial charge in [0.05, 0.1) is 27.2 Å². The molecule has 0 unspecified atom stereocenters. The van der Waals surface area contributed by atoms with Gasteiger partial charge in [0.15, 0.2) is 23.1 Å². The standard InChI is InChI=1S/C20H20F2N2O5/c1-27-16-7-13(8-17(28-2)18(16)29-3)23-19(25)12-9-24(10-12)20(26)11-4-5-14(21)15(22)6-11/h4-8,12H,9-10H2,1-3H3,(H,23,25). The number of likely N-dealkylation sites (tertiary alicyclic amines) is 1. The number of rotatable bonds is 6. The number of methoxy groups -OCH3 is 3. The van der Waals surface area contributed by atoms with E-state index in [-0.39, 0.29) is 24.6 Å². The van der Waals surface area contributed by atoms with Crippen LogP contribution in [0.15, 0.2) is 30.3 Å². The first-order chi connectivity index (χ1) is 13.9. The normalized spacial score (nSPS) is 13.5. The average molecular weight is 406 g/mol. The molecule has 0 bridgehead atoms. The number of hydrogen-bond donors (Lipinski definition) is 1. The summed E-state index contributed by atoms with van der Waals surface area (Å²) in [6.45, 7) is 0.349. The minimum Gasteiger partial charge on any atom is -0.493 e. The Labute approximate surface area is 166 Å². The first kappa shape index (κ1) is 20.4. The zero-order valence-electron chi connectivity index (χ0n) is 16.1. The summed E-state index contributed by atoms with van der Waals surface area (Å²) >= 11 is 0. The van der Waals surface area contributed by atoms with E-state index in [2.05, 4.69) is 5.32 Å². The number of nitrogens with one attached hydrogen (secondary N) is 1. The minimum absolute atomic E-state index is 0.0346. The lowest BCUT2D eigenvalue weighted by Crippen LogP contribution is -2.54. The van der Waals surface area contributed by atoms with E-state index in [0.29, 0.717) is 22.9 Å². The Balaban J connectivity index is 1.63. The van der Waals surface area contributed by atoms with E-state index in [1.807, 2.05) is 0 Å². The van der Waals surface area contributed by atoms with Crippen LogP contribution in [-0.4, -0.2) is 51.1 Å². The van der Waals surface area contributed by atoms with Crippen molar-refractivity contribution in [3.63, 3.8) is 0 Å². The molecule has 0 atom stereocenters. The summed E-state index contributed by atoms with van der Waals surface area (Å²) in [6, 6.07) is 6.16. The van der Waals surface area contributed by atoms with Gasteiger partial charge in [-0.15, -0.1) is 0 Å². The summed E-state index contributed by atoms with van der Waals surface area (Å²) in [6.07, 6.45) is 0. The highest BCUT2D eigenvalue weighted by Gasteiger charge is 2.36. The predicted octanol–water partition coefficient (Wildman–Crippen LogP) is 2.70. The highest BCUT2D eigenvalue weighted by Crippen LogP contribution is 2.40. The summed E-state index contributed by atoms with van der Waals surface area (Å²) in [5.74, 6) is -2.09. The first-order valence-corrected chi connectivity index (χ1v) is 8.73. The van der Waals surface area contributed by atoms with Crippen LogP contribution < -0.4 is 19.5 Å². The van der Waals surface area contributed by atoms with Crippen molar-refractivity contribution in [2.24, 2.45) is 5.92 Å². The molecule has 0 aliphatic carbocycles. The van der Waals surface area contributed by atoms with Crippen molar-refractivity contribution < 1.29 is 32.6 Å². The molecular weight excluding hydrogens is 386 g/mol. The average Bonchev–Trinajstić information content (AvgIpc) is 2.67. The van der Waals surface area contributed by atoms with Crippen LogP contribution in [0.25, 0.3) is 0 Å². The Bertz CT molecular complexity index is 919. The van der Waals surface area contributed by atoms with E-state index < -0.39 is 23.5 Å². The van der Waals surface area contributed by atoms with Crippen molar-refractivity contribution in [1.82, 2.24) is 4.90 Å². The fourth-order valence-electron chi connectivity index (χ4n) is 3.02. The molecule has 3 rings (SSSR count). The highest BCUT2D eigenvalue weighted by molar-refractivity contribution is 5.98. The largest absolute Gasteiger partial charge is 0.493 e. The van der Waals surface area contributed by atoms with Gasteiger partial charge in [0, 0.05) is 36.5 Å². The van der Waals surface area contributed by atoms with Gasteiger partial charge in [-0.25, -0.2) is 8.78 Å². The molecule has 154 valence electrons. The lowest BCUT2D eigenvalue weighted by Gasteiger charge is -2.38. The fourth-order valence-corrected chi connectivity index (χ4v) is 3.02. The van der Waals surface area contributed by atoms with Crippen molar-refractivity contribution in [2.45, 2.75) is 0 Å². The monoisotopic (exact) mass is 406 g/mol. The molecule has 2 amide bonds. The van der Waals surface area contributed by atoms with E-state index in [0.717, 1.165) is 12.1 Å². The van der Waals surface area contributed by atoms with Gasteiger partial charge in [-0.2, -0.15) is 0 Å². The molecule has 9 heteroatoms. The molecule has 1 N–H and O–H groups in total. The van der Waals surface area contributed by atoms with E-state index in [1.165, 1.54) is 32.3 Å². The van der Waals surface area contributed by atoms with Gasteiger partial charge in [-0.3, -0.25) is 9.59 Å². The molecule has 0 spiro atoms. The SMILES string of the molecule is COc1cc(NC(=O)C2CN(C(=O)c3ccc(F)c(F)c3)C2)cc(OC)c1OC. The molecule has 2 aromatic carbocycles. The second kappa shape index (κ2) is 8.34. The van der Waals surface area contributed by atoms with Crippen LogP contribution in [-0.2, 0) is 4.79 Å². The molecule has 0 radical (unpaired) electrons. The van der Waals surface area contributed by atoms with Gasteiger partial charge in [-0.05, 0) is 18.2 Å². The fraction of sp³-hybridized carbons (Fsp3) is 0.300. The van der Waals surface area contributed by atoms with Crippen LogP contribution in [0.1, 0.15) is 10.4 Å². The van der Waals surface area contributed by atoms with E-state index in [1.54, 1.807) is 12.1 Å². The topological polar surface area (TPSA) is 77.1 Å². The number of nitrogens with zero attached hydrogens (tertiary/aromatic N) is 1. The lowest BCUT2D eigenvalue weighted by atomic mass is 9.97. The molecule has 29 heavy (non-hydrogen) atoms. The number of halogens is 2. The molecule has 0 aromatic heterocycles. The third-order valence-corrected chi connectivity index (χ3v) is 4.64. The van der Waals surface area contributed by atoms with Gasteiger partial charge >= 0.3 is 0 Å². The first-order valence-electron chi connectivity index (χ1n) is 8.73. The number of benzene rings is 2. The third-order valence-electron chi connectivity index (χ3n) is 4.64. The van der Waals surface area contributed by atoms with Crippen molar-refractivity contribution >= 4 is 17.5 Å². The third kappa shape index (κ3) is 4.08. The van der Waals surface area contributed by atoms with E-state index in [9.17, 15) is 18.4 Å². The maximum Gasteiger partial charge on any atom is 0.254 e. The second-order valence-corrected chi connectivity index (χ2v) is 6.44. The Morgan fingerprint density at radius 2 is 1.59 bits per heavy atom. The summed E-state index contributed by atoms with van der Waals surface area (Å²) in [4.78, 5) is 26.2. The van der Waals surface area contributed by atoms with E-state index >= 15 is 0 Å². The molecular formula is C20H20F2N2O5. The quantitative estimate of drug-likeness (QED) is 0.798. The van der Waals surface area contributed by atoms with Crippen molar-refractivity contribution in [1.29, 1.82) is 0 Å². The molecule has 1 aliphatic rings. The van der Waals surface area contributed by atoms with E-state index in [4.69, 9.17) is 14.2 Å². The maximum absolute atomic E-state index is 13.3. The number of amides is 2. The van der Waals surface area contributed by atoms with Crippen LogP contribution in [0.2, 0.25) is 0 Å². The molecule has 1 aliphatic heterocycles. The van der Waals surface area contributed by atoms with Crippen molar-refractivity contribution in [3.8, 4) is 17.2 Å². The molecule has 1 fully saturated rings. The Hall–Kier alpha value is -3.36. The minimum atomic E-state index is -1.09. The van der Waals surface area contributed by atoms with Crippen LogP contribution >= 0.6 is 0 Å². The number of ether oxygens (including phenoxy) is 3. The zero-order chi connectivity index (χ0) is 21.1. The predicted molar refractivity (Wildman–Crippen MR) is 100 cm³/mol. The van der Waals surface area contributed by atoms with Gasteiger partial charge in [0.2, 0.25) is 11.7 Å². The van der Waals surface area contributed by atoms with Crippen LogP contribution in [0.5, 0.6) is 17.2 Å². The van der Waals surface area contributed by atoms with Crippen LogP contribution in [0.4, 0.5) is 14.5 Å². The van der Waals surface area contributed by atoms with Crippen LogP contribution in [0.3, 0.4) is 0 Å². The molecule has 0 saturated carbocycles. The molecule has 7 nitrogen and oxygen atoms in total. The Kier molecular flexibility index (Phi) is 5.86. The lowest BCUT2D eigenvalue weighted by molar-refractivity contribution is -0.123. The Morgan fingerprint density at radius 1 is 0.966 bits per heavy atom. The number of carbonyl (C=O) groups excluding carboxylic acids is 2. The molecule has 2 aromatic rings. The summed E-state index contributed by atoms with van der Waals surface area (Å²) in [7, 11) is 4.42. The summed E-state index contributed by atoms with van der Waals surface area (Å²) in [5, 5.41) is 2.76. The van der Waals surface area contributed by atoms with Gasteiger partial charge < -0.3 is 24.4 Å². The summed E-state index contributed by atoms with van der Waals surface area (Å²) < 4.78 is 42.1. The van der Waals surface area contributed by atoms with Gasteiger partial charge in [-0.1, -0.05) is 0 Å². The number of carbonyl (C=O) groups is 2.